The van der Waals surface area contributed by atoms with Crippen molar-refractivity contribution in [3.8, 4) is 45.3 Å². The number of fused-ring (bicyclic) bond motifs is 6. The molecule has 3 aromatic heterocycles. The number of benzene rings is 6. The van der Waals surface area contributed by atoms with Crippen LogP contribution in [0, 0.1) is 0 Å². The summed E-state index contributed by atoms with van der Waals surface area (Å²) in [6.45, 7) is 2.18. The number of aromatic nitrogens is 4. The molecular formula is C48H34N4. The van der Waals surface area contributed by atoms with Gasteiger partial charge in [0.2, 0.25) is 0 Å². The van der Waals surface area contributed by atoms with Crippen molar-refractivity contribution in [2.75, 3.05) is 0 Å². The molecular weight excluding hydrogens is 633 g/mol. The highest BCUT2D eigenvalue weighted by molar-refractivity contribution is 6.09. The van der Waals surface area contributed by atoms with E-state index in [4.69, 9.17) is 9.97 Å². The molecule has 0 saturated carbocycles. The molecule has 1 aliphatic carbocycles. The molecule has 0 aliphatic heterocycles. The van der Waals surface area contributed by atoms with E-state index in [9.17, 15) is 0 Å². The summed E-state index contributed by atoms with van der Waals surface area (Å²) in [6.07, 6.45) is 7.69. The van der Waals surface area contributed by atoms with Crippen molar-refractivity contribution >= 4 is 38.8 Å². The van der Waals surface area contributed by atoms with Crippen LogP contribution >= 0.6 is 0 Å². The van der Waals surface area contributed by atoms with Crippen molar-refractivity contribution in [3.05, 3.63) is 187 Å². The van der Waals surface area contributed by atoms with Gasteiger partial charge in [0.1, 0.15) is 0 Å². The second-order valence-corrected chi connectivity index (χ2v) is 13.5. The Morgan fingerprint density at radius 1 is 0.462 bits per heavy atom. The molecule has 0 atom stereocenters. The Bertz CT molecular complexity index is 2760. The van der Waals surface area contributed by atoms with Crippen LogP contribution in [-0.2, 0) is 6.42 Å². The number of hydrogen-bond donors (Lipinski definition) is 0. The van der Waals surface area contributed by atoms with Crippen molar-refractivity contribution in [1.29, 1.82) is 0 Å². The maximum absolute atomic E-state index is 5.29. The summed E-state index contributed by atoms with van der Waals surface area (Å²) in [4.78, 5) is 10.4. The Morgan fingerprint density at radius 3 is 1.63 bits per heavy atom. The van der Waals surface area contributed by atoms with Crippen LogP contribution in [0.15, 0.2) is 175 Å². The predicted molar refractivity (Wildman–Crippen MR) is 216 cm³/mol. The molecule has 9 aromatic rings. The number of allylic oxidation sites excluding steroid dienone is 3. The van der Waals surface area contributed by atoms with E-state index in [-0.39, 0.29) is 0 Å². The topological polar surface area (TPSA) is 35.6 Å². The van der Waals surface area contributed by atoms with Gasteiger partial charge < -0.3 is 9.13 Å². The standard InChI is InChI=1S/C48H34N4/c1-32-24-26-41-40-20-10-13-23-46(40)52(47(41)27-25-32)37-29-35(28-36(30-37)51-44-21-11-8-18-38(44)39-19-9-12-22-45(39)51)43-31-42(33-14-4-2-5-15-33)49-48(50-43)34-16-6-3-7-17-34/h2-26,28-31H,27H2,1H3. The third-order valence-electron chi connectivity index (χ3n) is 10.3. The molecule has 0 bridgehead atoms. The first kappa shape index (κ1) is 30.1. The second kappa shape index (κ2) is 12.2. The van der Waals surface area contributed by atoms with Crippen LogP contribution in [0.3, 0.4) is 0 Å². The summed E-state index contributed by atoms with van der Waals surface area (Å²) in [5, 5.41) is 3.71. The molecule has 0 fully saturated rings. The fourth-order valence-corrected chi connectivity index (χ4v) is 7.81. The van der Waals surface area contributed by atoms with Crippen molar-refractivity contribution in [1.82, 2.24) is 19.1 Å². The van der Waals surface area contributed by atoms with Crippen LogP contribution in [-0.4, -0.2) is 19.1 Å². The summed E-state index contributed by atoms with van der Waals surface area (Å²) in [5.74, 6) is 0.701. The molecule has 4 heteroatoms. The molecule has 0 saturated heterocycles. The maximum Gasteiger partial charge on any atom is 0.160 e. The Labute approximate surface area is 302 Å². The Hall–Kier alpha value is -6.78. The summed E-state index contributed by atoms with van der Waals surface area (Å²) in [6, 6.07) is 56.0. The van der Waals surface area contributed by atoms with E-state index in [0.717, 1.165) is 45.9 Å². The lowest BCUT2D eigenvalue weighted by atomic mass is 10.0. The summed E-state index contributed by atoms with van der Waals surface area (Å²) in [5.41, 5.74) is 14.3. The van der Waals surface area contributed by atoms with Gasteiger partial charge in [-0.05, 0) is 49.4 Å². The summed E-state index contributed by atoms with van der Waals surface area (Å²) in [7, 11) is 0. The maximum atomic E-state index is 5.29. The van der Waals surface area contributed by atoms with Crippen molar-refractivity contribution in [2.45, 2.75) is 13.3 Å². The number of nitrogens with zero attached hydrogens (tertiary/aromatic N) is 4. The molecule has 6 aromatic carbocycles. The van der Waals surface area contributed by atoms with E-state index in [1.54, 1.807) is 0 Å². The van der Waals surface area contributed by atoms with Crippen molar-refractivity contribution in [3.63, 3.8) is 0 Å². The molecule has 0 amide bonds. The largest absolute Gasteiger partial charge is 0.313 e. The van der Waals surface area contributed by atoms with E-state index >= 15 is 0 Å². The highest BCUT2D eigenvalue weighted by atomic mass is 15.0. The van der Waals surface area contributed by atoms with Crippen LogP contribution in [0.25, 0.3) is 84.1 Å². The number of hydrogen-bond acceptors (Lipinski definition) is 2. The minimum absolute atomic E-state index is 0.701. The molecule has 1 aliphatic rings. The smallest absolute Gasteiger partial charge is 0.160 e. The summed E-state index contributed by atoms with van der Waals surface area (Å²) >= 11 is 0. The molecule has 0 radical (unpaired) electrons. The number of para-hydroxylation sites is 3. The van der Waals surface area contributed by atoms with Gasteiger partial charge in [-0.1, -0.05) is 139 Å². The van der Waals surface area contributed by atoms with Gasteiger partial charge in [-0.25, -0.2) is 9.97 Å². The lowest BCUT2D eigenvalue weighted by Crippen LogP contribution is -2.04. The van der Waals surface area contributed by atoms with Gasteiger partial charge >= 0.3 is 0 Å². The van der Waals surface area contributed by atoms with Crippen LogP contribution < -0.4 is 0 Å². The van der Waals surface area contributed by atoms with E-state index in [0.29, 0.717) is 5.82 Å². The van der Waals surface area contributed by atoms with Crippen LogP contribution in [0.2, 0.25) is 0 Å². The third kappa shape index (κ3) is 4.99. The molecule has 0 unspecified atom stereocenters. The quantitative estimate of drug-likeness (QED) is 0.183. The van der Waals surface area contributed by atoms with Gasteiger partial charge in [0.15, 0.2) is 5.82 Å². The van der Waals surface area contributed by atoms with Crippen LogP contribution in [0.5, 0.6) is 0 Å². The van der Waals surface area contributed by atoms with Gasteiger partial charge in [-0.15, -0.1) is 0 Å². The zero-order valence-corrected chi connectivity index (χ0v) is 28.7. The fourth-order valence-electron chi connectivity index (χ4n) is 7.81. The molecule has 10 rings (SSSR count). The minimum Gasteiger partial charge on any atom is -0.313 e. The van der Waals surface area contributed by atoms with E-state index in [2.05, 4.69) is 168 Å². The SMILES string of the molecule is CC1=CCc2c(c3ccccc3n2-c2cc(-c3cc(-c4ccccc4)nc(-c4ccccc4)n3)cc(-n3c4ccccc4c4ccccc43)c2)C=C1. The molecule has 0 N–H and O–H groups in total. The molecule has 4 nitrogen and oxygen atoms in total. The molecule has 0 spiro atoms. The van der Waals surface area contributed by atoms with E-state index < -0.39 is 0 Å². The van der Waals surface area contributed by atoms with Gasteiger partial charge in [0.25, 0.3) is 0 Å². The second-order valence-electron chi connectivity index (χ2n) is 13.5. The highest BCUT2D eigenvalue weighted by Gasteiger charge is 2.21. The fraction of sp³-hybridized carbons (Fsp3) is 0.0417. The monoisotopic (exact) mass is 666 g/mol. The Kier molecular flexibility index (Phi) is 7.07. The van der Waals surface area contributed by atoms with Crippen LogP contribution in [0.1, 0.15) is 18.2 Å². The zero-order chi connectivity index (χ0) is 34.6. The Balaban J connectivity index is 1.30. The van der Waals surface area contributed by atoms with Gasteiger partial charge in [0, 0.05) is 61.9 Å². The van der Waals surface area contributed by atoms with Crippen LogP contribution in [0.4, 0.5) is 0 Å². The number of rotatable bonds is 5. The van der Waals surface area contributed by atoms with E-state index in [1.165, 1.54) is 49.5 Å². The van der Waals surface area contributed by atoms with Gasteiger partial charge in [-0.2, -0.15) is 0 Å². The normalized spacial score (nSPS) is 12.7. The zero-order valence-electron chi connectivity index (χ0n) is 28.7. The average Bonchev–Trinajstić information content (AvgIpc) is 3.64. The van der Waals surface area contributed by atoms with E-state index in [1.807, 2.05) is 24.3 Å². The third-order valence-corrected chi connectivity index (χ3v) is 10.3. The lowest BCUT2D eigenvalue weighted by molar-refractivity contribution is 0.995. The summed E-state index contributed by atoms with van der Waals surface area (Å²) < 4.78 is 4.87. The predicted octanol–water partition coefficient (Wildman–Crippen LogP) is 12.0. The first-order valence-electron chi connectivity index (χ1n) is 17.8. The van der Waals surface area contributed by atoms with Gasteiger partial charge in [0.05, 0.1) is 27.9 Å². The first-order valence-corrected chi connectivity index (χ1v) is 17.8. The van der Waals surface area contributed by atoms with Crippen molar-refractivity contribution in [2.24, 2.45) is 0 Å². The highest BCUT2D eigenvalue weighted by Crippen LogP contribution is 2.38. The first-order chi connectivity index (χ1) is 25.7. The Morgan fingerprint density at radius 2 is 0.981 bits per heavy atom. The van der Waals surface area contributed by atoms with Crippen molar-refractivity contribution < 1.29 is 0 Å². The lowest BCUT2D eigenvalue weighted by Gasteiger charge is -2.17. The van der Waals surface area contributed by atoms with Gasteiger partial charge in [-0.3, -0.25) is 0 Å². The molecule has 3 heterocycles. The molecule has 52 heavy (non-hydrogen) atoms. The minimum atomic E-state index is 0.701. The molecule has 246 valence electrons. The average molecular weight is 667 g/mol.